The normalized spacial score (nSPS) is 18.6. The second kappa shape index (κ2) is 8.48. The zero-order chi connectivity index (χ0) is 15.4. The predicted octanol–water partition coefficient (Wildman–Crippen LogP) is 3.03. The number of para-hydroxylation sites is 1. The van der Waals surface area contributed by atoms with E-state index in [1.165, 1.54) is 42.9 Å². The Morgan fingerprint density at radius 2 is 2.09 bits per heavy atom. The lowest BCUT2D eigenvalue weighted by atomic mass is 9.98. The Labute approximate surface area is 145 Å². The number of nitrogens with one attached hydrogen (secondary N) is 1. The molecule has 2 aromatic rings. The number of rotatable bonds is 5. The minimum atomic E-state index is 0. The summed E-state index contributed by atoms with van der Waals surface area (Å²) in [6, 6.07) is 10.6. The first-order chi connectivity index (χ1) is 10.8. The van der Waals surface area contributed by atoms with E-state index >= 15 is 0 Å². The maximum atomic E-state index is 4.55. The highest BCUT2D eigenvalue weighted by atomic mass is 35.5. The number of hydrogen-bond donors (Lipinski definition) is 1. The molecule has 1 aromatic carbocycles. The van der Waals surface area contributed by atoms with Crippen molar-refractivity contribution in [2.75, 3.05) is 26.7 Å². The Balaban J connectivity index is 0.00000192. The van der Waals surface area contributed by atoms with Crippen molar-refractivity contribution in [3.63, 3.8) is 0 Å². The molecule has 2 heterocycles. The lowest BCUT2D eigenvalue weighted by molar-refractivity contribution is 0.164. The molecule has 23 heavy (non-hydrogen) atoms. The number of benzene rings is 1. The van der Waals surface area contributed by atoms with Crippen LogP contribution in [0.3, 0.4) is 0 Å². The molecule has 1 atom stereocenters. The first-order valence-corrected chi connectivity index (χ1v) is 8.24. The van der Waals surface area contributed by atoms with Gasteiger partial charge in [-0.05, 0) is 63.5 Å². The van der Waals surface area contributed by atoms with Gasteiger partial charge in [-0.25, -0.2) is 4.68 Å². The second-order valence-electron chi connectivity index (χ2n) is 6.32. The molecule has 1 unspecified atom stereocenters. The molecule has 1 aliphatic rings. The molecule has 0 saturated carbocycles. The van der Waals surface area contributed by atoms with Crippen molar-refractivity contribution >= 4 is 12.4 Å². The largest absolute Gasteiger partial charge is 0.319 e. The first kappa shape index (κ1) is 18.0. The molecule has 1 aliphatic heterocycles. The van der Waals surface area contributed by atoms with Crippen LogP contribution in [0.2, 0.25) is 0 Å². The van der Waals surface area contributed by atoms with Gasteiger partial charge in [0.05, 0.1) is 11.4 Å². The zero-order valence-electron chi connectivity index (χ0n) is 14.0. The van der Waals surface area contributed by atoms with E-state index in [0.29, 0.717) is 0 Å². The zero-order valence-corrected chi connectivity index (χ0v) is 14.9. The van der Waals surface area contributed by atoms with E-state index in [4.69, 9.17) is 0 Å². The van der Waals surface area contributed by atoms with Crippen molar-refractivity contribution in [2.24, 2.45) is 5.92 Å². The van der Waals surface area contributed by atoms with Crippen molar-refractivity contribution in [3.8, 4) is 5.69 Å². The van der Waals surface area contributed by atoms with E-state index in [1.54, 1.807) is 0 Å². The van der Waals surface area contributed by atoms with Crippen LogP contribution in [0.25, 0.3) is 5.69 Å². The third-order valence-corrected chi connectivity index (χ3v) is 4.55. The van der Waals surface area contributed by atoms with Crippen LogP contribution < -0.4 is 5.32 Å². The van der Waals surface area contributed by atoms with Crippen LogP contribution in [0.5, 0.6) is 0 Å². The van der Waals surface area contributed by atoms with Crippen LogP contribution in [0.4, 0.5) is 0 Å². The molecule has 1 saturated heterocycles. The predicted molar refractivity (Wildman–Crippen MR) is 97.5 cm³/mol. The number of hydrogen-bond acceptors (Lipinski definition) is 3. The molecule has 0 amide bonds. The Hall–Kier alpha value is -1.36. The van der Waals surface area contributed by atoms with E-state index in [0.717, 1.165) is 19.0 Å². The van der Waals surface area contributed by atoms with Gasteiger partial charge in [0.25, 0.3) is 0 Å². The number of likely N-dealkylation sites (tertiary alicyclic amines) is 1. The fraction of sp³-hybridized carbons (Fsp3) is 0.500. The van der Waals surface area contributed by atoms with Gasteiger partial charge >= 0.3 is 0 Å². The standard InChI is InChI=1S/C18H26N4.ClH/c1-15-6-3-4-8-18(15)22-17(9-10-20-22)14-21-11-5-7-16(13-21)12-19-2;/h3-4,6,8-10,16,19H,5,7,11-14H2,1-2H3;1H. The third-order valence-electron chi connectivity index (χ3n) is 4.55. The smallest absolute Gasteiger partial charge is 0.0678 e. The van der Waals surface area contributed by atoms with Crippen LogP contribution in [-0.4, -0.2) is 41.4 Å². The molecule has 1 N–H and O–H groups in total. The summed E-state index contributed by atoms with van der Waals surface area (Å²) in [4.78, 5) is 2.57. The number of aromatic nitrogens is 2. The van der Waals surface area contributed by atoms with Crippen molar-refractivity contribution in [1.29, 1.82) is 0 Å². The van der Waals surface area contributed by atoms with Crippen molar-refractivity contribution in [3.05, 3.63) is 47.8 Å². The van der Waals surface area contributed by atoms with Gasteiger partial charge in [-0.3, -0.25) is 4.90 Å². The average Bonchev–Trinajstić information content (AvgIpc) is 2.96. The van der Waals surface area contributed by atoms with Gasteiger partial charge in [0.2, 0.25) is 0 Å². The summed E-state index contributed by atoms with van der Waals surface area (Å²) in [6.45, 7) is 6.62. The molecule has 0 radical (unpaired) electrons. The first-order valence-electron chi connectivity index (χ1n) is 8.24. The van der Waals surface area contributed by atoms with E-state index < -0.39 is 0 Å². The number of halogens is 1. The molecule has 126 valence electrons. The maximum absolute atomic E-state index is 4.55. The maximum Gasteiger partial charge on any atom is 0.0678 e. The van der Waals surface area contributed by atoms with Crippen LogP contribution in [0.15, 0.2) is 36.5 Å². The molecule has 5 heteroatoms. The molecule has 4 nitrogen and oxygen atoms in total. The highest BCUT2D eigenvalue weighted by Crippen LogP contribution is 2.20. The van der Waals surface area contributed by atoms with Crippen molar-refractivity contribution < 1.29 is 0 Å². The summed E-state index contributed by atoms with van der Waals surface area (Å²) in [5.41, 5.74) is 3.73. The number of piperidine rings is 1. The van der Waals surface area contributed by atoms with E-state index in [1.807, 2.05) is 13.2 Å². The monoisotopic (exact) mass is 334 g/mol. The van der Waals surface area contributed by atoms with Gasteiger partial charge in [0.1, 0.15) is 0 Å². The fourth-order valence-electron chi connectivity index (χ4n) is 3.45. The minimum Gasteiger partial charge on any atom is -0.319 e. The summed E-state index contributed by atoms with van der Waals surface area (Å²) in [7, 11) is 2.05. The van der Waals surface area contributed by atoms with Crippen LogP contribution >= 0.6 is 12.4 Å². The topological polar surface area (TPSA) is 33.1 Å². The molecular formula is C18H27ClN4. The Morgan fingerprint density at radius 3 is 2.87 bits per heavy atom. The van der Waals surface area contributed by atoms with Gasteiger partial charge in [0.15, 0.2) is 0 Å². The van der Waals surface area contributed by atoms with Crippen LogP contribution in [0, 0.1) is 12.8 Å². The van der Waals surface area contributed by atoms with Gasteiger partial charge in [-0.2, -0.15) is 5.10 Å². The average molecular weight is 335 g/mol. The molecule has 1 fully saturated rings. The Kier molecular flexibility index (Phi) is 6.63. The van der Waals surface area contributed by atoms with E-state index in [9.17, 15) is 0 Å². The Bertz CT molecular complexity index is 609. The summed E-state index contributed by atoms with van der Waals surface area (Å²) in [6.07, 6.45) is 4.55. The van der Waals surface area contributed by atoms with Gasteiger partial charge in [0, 0.05) is 19.3 Å². The molecule has 3 rings (SSSR count). The summed E-state index contributed by atoms with van der Waals surface area (Å²) in [5, 5.41) is 7.86. The van der Waals surface area contributed by atoms with Crippen molar-refractivity contribution in [1.82, 2.24) is 20.0 Å². The number of aryl methyl sites for hydroxylation is 1. The van der Waals surface area contributed by atoms with Crippen LogP contribution in [0.1, 0.15) is 24.1 Å². The number of nitrogens with zero attached hydrogens (tertiary/aromatic N) is 3. The van der Waals surface area contributed by atoms with Crippen molar-refractivity contribution in [2.45, 2.75) is 26.3 Å². The quantitative estimate of drug-likeness (QED) is 0.912. The minimum absolute atomic E-state index is 0. The Morgan fingerprint density at radius 1 is 1.26 bits per heavy atom. The summed E-state index contributed by atoms with van der Waals surface area (Å²) < 4.78 is 2.09. The summed E-state index contributed by atoms with van der Waals surface area (Å²) >= 11 is 0. The highest BCUT2D eigenvalue weighted by Gasteiger charge is 2.20. The van der Waals surface area contributed by atoms with Gasteiger partial charge < -0.3 is 5.32 Å². The molecule has 1 aromatic heterocycles. The molecular weight excluding hydrogens is 308 g/mol. The molecule has 0 aliphatic carbocycles. The third kappa shape index (κ3) is 4.34. The van der Waals surface area contributed by atoms with E-state index in [2.05, 4.69) is 57.3 Å². The van der Waals surface area contributed by atoms with Crippen LogP contribution in [-0.2, 0) is 6.54 Å². The highest BCUT2D eigenvalue weighted by molar-refractivity contribution is 5.85. The SMILES string of the molecule is CNCC1CCCN(Cc2ccnn2-c2ccccc2C)C1.Cl. The summed E-state index contributed by atoms with van der Waals surface area (Å²) in [5.74, 6) is 0.772. The van der Waals surface area contributed by atoms with Gasteiger partial charge in [-0.15, -0.1) is 12.4 Å². The lowest BCUT2D eigenvalue weighted by Gasteiger charge is -2.32. The lowest BCUT2D eigenvalue weighted by Crippen LogP contribution is -2.38. The molecule has 0 bridgehead atoms. The second-order valence-corrected chi connectivity index (χ2v) is 6.32. The van der Waals surface area contributed by atoms with Gasteiger partial charge in [-0.1, -0.05) is 18.2 Å². The fourth-order valence-corrected chi connectivity index (χ4v) is 3.45. The molecule has 0 spiro atoms. The van der Waals surface area contributed by atoms with E-state index in [-0.39, 0.29) is 12.4 Å².